The molecule has 0 atom stereocenters. The van der Waals surface area contributed by atoms with Crippen LogP contribution in [0.2, 0.25) is 0 Å². The summed E-state index contributed by atoms with van der Waals surface area (Å²) in [6, 6.07) is 2.43. The number of hydrogen-bond donors (Lipinski definition) is 1. The van der Waals surface area contributed by atoms with Crippen molar-refractivity contribution >= 4 is 0 Å². The second kappa shape index (κ2) is 12.2. The van der Waals surface area contributed by atoms with E-state index in [0.717, 1.165) is 12.1 Å². The molecule has 0 amide bonds. The quantitative estimate of drug-likeness (QED) is 0.291. The van der Waals surface area contributed by atoms with Gasteiger partial charge >= 0.3 is 0 Å². The highest BCUT2D eigenvalue weighted by molar-refractivity contribution is 5.46. The van der Waals surface area contributed by atoms with E-state index in [1.54, 1.807) is 12.2 Å². The molecule has 0 fully saturated rings. The van der Waals surface area contributed by atoms with Crippen LogP contribution < -0.4 is 0 Å². The Morgan fingerprint density at radius 3 is 2.21 bits per heavy atom. The van der Waals surface area contributed by atoms with E-state index in [1.165, 1.54) is 13.2 Å². The average molecular weight is 390 g/mol. The van der Waals surface area contributed by atoms with E-state index in [-0.39, 0.29) is 17.7 Å². The molecule has 2 nitrogen and oxygen atoms in total. The zero-order chi connectivity index (χ0) is 21.9. The molecule has 0 unspecified atom stereocenters. The van der Waals surface area contributed by atoms with Crippen molar-refractivity contribution in [2.45, 2.75) is 12.8 Å². The van der Waals surface area contributed by atoms with Gasteiger partial charge in [0.05, 0.1) is 7.11 Å². The number of ether oxygens (including phenoxy) is 1. The number of aromatic hydroxyl groups is 1. The second-order valence-electron chi connectivity index (χ2n) is 5.53. The second-order valence-corrected chi connectivity index (χ2v) is 5.53. The number of aryl methyl sites for hydroxylation is 1. The fraction of sp³-hybridized carbons (Fsp3) is 0.130. The van der Waals surface area contributed by atoms with Gasteiger partial charge in [0.2, 0.25) is 5.82 Å². The Balaban J connectivity index is 0.00000352. The van der Waals surface area contributed by atoms with Crippen LogP contribution in [0.5, 0.6) is 5.75 Å². The van der Waals surface area contributed by atoms with Gasteiger partial charge in [0, 0.05) is 0 Å². The van der Waals surface area contributed by atoms with E-state index in [1.807, 2.05) is 0 Å². The van der Waals surface area contributed by atoms with Crippen LogP contribution in [-0.4, -0.2) is 12.2 Å². The molecule has 1 aromatic carbocycles. The molecule has 0 aliphatic carbocycles. The number of allylic oxidation sites excluding steroid dienone is 7. The number of phenolic OH excluding ortho intramolecular Hbond substituents is 1. The smallest absolute Gasteiger partial charge is 0.200 e. The molecule has 0 saturated heterocycles. The van der Waals surface area contributed by atoms with E-state index >= 15 is 0 Å². The molecule has 1 rings (SSSR count). The van der Waals surface area contributed by atoms with Gasteiger partial charge < -0.3 is 9.84 Å². The molecule has 0 aliphatic heterocycles. The molecular weight excluding hydrogens is 365 g/mol. The first-order chi connectivity index (χ1) is 13.2. The first-order valence-electron chi connectivity index (χ1n) is 8.17. The van der Waals surface area contributed by atoms with Crippen LogP contribution >= 0.6 is 0 Å². The third-order valence-electron chi connectivity index (χ3n) is 3.60. The highest BCUT2D eigenvalue weighted by atomic mass is 19.2. The van der Waals surface area contributed by atoms with Crippen molar-refractivity contribution in [1.29, 1.82) is 0 Å². The summed E-state index contributed by atoms with van der Waals surface area (Å²) >= 11 is 0. The van der Waals surface area contributed by atoms with Crippen molar-refractivity contribution in [3.05, 3.63) is 115 Å². The maximum absolute atomic E-state index is 13.7. The molecular formula is C23H25F3O2. The zero-order valence-electron chi connectivity index (χ0n) is 16.0. The van der Waals surface area contributed by atoms with Crippen LogP contribution in [0, 0.1) is 11.6 Å². The Hall–Kier alpha value is -3.21. The predicted octanol–water partition coefficient (Wildman–Crippen LogP) is 6.64. The topological polar surface area (TPSA) is 29.5 Å². The lowest BCUT2D eigenvalue weighted by atomic mass is 10.0. The number of hydrogen-bond acceptors (Lipinski definition) is 2. The van der Waals surface area contributed by atoms with Gasteiger partial charge in [-0.1, -0.05) is 50.1 Å². The van der Waals surface area contributed by atoms with Crippen molar-refractivity contribution in [3.8, 4) is 5.75 Å². The van der Waals surface area contributed by atoms with Crippen LogP contribution in [0.1, 0.15) is 12.0 Å². The SMILES string of the molecule is C=C.C=C(/C=C\C(=C)C(=C)/C=C(/F)C(=C)OC)CCc1ccc(O)c(F)c1F. The van der Waals surface area contributed by atoms with Crippen molar-refractivity contribution in [2.24, 2.45) is 0 Å². The van der Waals surface area contributed by atoms with Crippen LogP contribution in [0.4, 0.5) is 13.2 Å². The van der Waals surface area contributed by atoms with Crippen molar-refractivity contribution in [1.82, 2.24) is 0 Å². The Morgan fingerprint density at radius 1 is 1.04 bits per heavy atom. The predicted molar refractivity (Wildman–Crippen MR) is 109 cm³/mol. The summed E-state index contributed by atoms with van der Waals surface area (Å²) in [6.45, 7) is 20.7. The summed E-state index contributed by atoms with van der Waals surface area (Å²) in [5.74, 6) is -3.83. The van der Waals surface area contributed by atoms with Gasteiger partial charge in [0.15, 0.2) is 17.4 Å². The minimum Gasteiger partial charge on any atom is -0.505 e. The summed E-state index contributed by atoms with van der Waals surface area (Å²) in [7, 11) is 1.31. The largest absolute Gasteiger partial charge is 0.505 e. The van der Waals surface area contributed by atoms with E-state index in [0.29, 0.717) is 23.1 Å². The molecule has 28 heavy (non-hydrogen) atoms. The van der Waals surface area contributed by atoms with Crippen LogP contribution in [0.15, 0.2) is 98.1 Å². The van der Waals surface area contributed by atoms with E-state index in [9.17, 15) is 13.2 Å². The number of phenols is 1. The average Bonchev–Trinajstić information content (AvgIpc) is 2.70. The lowest BCUT2D eigenvalue weighted by Gasteiger charge is -2.06. The molecule has 0 spiro atoms. The molecule has 0 bridgehead atoms. The van der Waals surface area contributed by atoms with Crippen molar-refractivity contribution < 1.29 is 23.0 Å². The maximum Gasteiger partial charge on any atom is 0.200 e. The minimum absolute atomic E-state index is 0.115. The van der Waals surface area contributed by atoms with Crippen LogP contribution in [0.3, 0.4) is 0 Å². The molecule has 0 saturated carbocycles. The highest BCUT2D eigenvalue weighted by Gasteiger charge is 2.12. The molecule has 0 aliphatic rings. The summed E-state index contributed by atoms with van der Waals surface area (Å²) in [6.07, 6.45) is 4.95. The normalized spacial score (nSPS) is 10.8. The monoisotopic (exact) mass is 390 g/mol. The molecule has 1 aromatic rings. The molecule has 150 valence electrons. The molecule has 1 N–H and O–H groups in total. The molecule has 0 radical (unpaired) electrons. The van der Waals surface area contributed by atoms with Crippen molar-refractivity contribution in [3.63, 3.8) is 0 Å². The van der Waals surface area contributed by atoms with Crippen LogP contribution in [0.25, 0.3) is 0 Å². The molecule has 0 aromatic heterocycles. The lowest BCUT2D eigenvalue weighted by Crippen LogP contribution is -1.95. The Labute approximate surface area is 164 Å². The van der Waals surface area contributed by atoms with E-state index in [4.69, 9.17) is 5.11 Å². The summed E-state index contributed by atoms with van der Waals surface area (Å²) in [5.41, 5.74) is 1.56. The van der Waals surface area contributed by atoms with Gasteiger partial charge in [-0.2, -0.15) is 4.39 Å². The van der Waals surface area contributed by atoms with Crippen molar-refractivity contribution in [2.75, 3.05) is 7.11 Å². The molecule has 5 heteroatoms. The Kier molecular flexibility index (Phi) is 10.8. The van der Waals surface area contributed by atoms with Crippen LogP contribution in [-0.2, 0) is 11.2 Å². The van der Waals surface area contributed by atoms with Gasteiger partial charge in [-0.15, -0.1) is 13.2 Å². The molecule has 0 heterocycles. The highest BCUT2D eigenvalue weighted by Crippen LogP contribution is 2.23. The van der Waals surface area contributed by atoms with Gasteiger partial charge in [-0.3, -0.25) is 0 Å². The first kappa shape index (κ1) is 24.8. The number of rotatable bonds is 9. The zero-order valence-corrected chi connectivity index (χ0v) is 16.0. The fourth-order valence-electron chi connectivity index (χ4n) is 1.90. The van der Waals surface area contributed by atoms with Gasteiger partial charge in [0.1, 0.15) is 5.76 Å². The van der Waals surface area contributed by atoms with Gasteiger partial charge in [-0.25, -0.2) is 8.78 Å². The van der Waals surface area contributed by atoms with E-state index in [2.05, 4.69) is 44.2 Å². The van der Waals surface area contributed by atoms with Gasteiger partial charge in [0.25, 0.3) is 0 Å². The summed E-state index contributed by atoms with van der Waals surface area (Å²) in [5, 5.41) is 9.11. The maximum atomic E-state index is 13.7. The number of halogens is 3. The Morgan fingerprint density at radius 2 is 1.64 bits per heavy atom. The summed E-state index contributed by atoms with van der Waals surface area (Å²) in [4.78, 5) is 0. The van der Waals surface area contributed by atoms with Gasteiger partial charge in [-0.05, 0) is 41.7 Å². The summed E-state index contributed by atoms with van der Waals surface area (Å²) < 4.78 is 45.3. The number of benzene rings is 1. The Bertz CT molecular complexity index is 817. The lowest BCUT2D eigenvalue weighted by molar-refractivity contribution is 0.285. The first-order valence-corrected chi connectivity index (χ1v) is 8.17. The third kappa shape index (κ3) is 7.58. The standard InChI is InChI=1S/C21H21F3O2.C2H4/c1-13(7-9-17-10-11-19(25)21(24)20(17)23)6-8-14(2)15(3)12-18(22)16(4)26-5;1-2/h6,8,10-12,25H,1-4,7,9H2,5H3;1-2H2/b8-6-,18-12+;. The van der Waals surface area contributed by atoms with E-state index < -0.39 is 23.2 Å². The third-order valence-corrected chi connectivity index (χ3v) is 3.60. The minimum atomic E-state index is -1.26. The number of methoxy groups -OCH3 is 1. The fourth-order valence-corrected chi connectivity index (χ4v) is 1.90.